The molecule has 0 aliphatic heterocycles. The molecule has 2 atom stereocenters. The van der Waals surface area contributed by atoms with E-state index in [4.69, 9.17) is 4.74 Å². The lowest BCUT2D eigenvalue weighted by atomic mass is 9.99. The second kappa shape index (κ2) is 7.45. The van der Waals surface area contributed by atoms with E-state index in [1.807, 2.05) is 13.8 Å². The SMILES string of the molecule is CCOC(=O)C(NC(C)CC)c1ccccc1C(F)(F)F. The third kappa shape index (κ3) is 4.74. The normalized spacial score (nSPS) is 14.6. The van der Waals surface area contributed by atoms with Gasteiger partial charge < -0.3 is 4.74 Å². The molecule has 1 aromatic carbocycles. The highest BCUT2D eigenvalue weighted by Gasteiger charge is 2.37. The van der Waals surface area contributed by atoms with Crippen molar-refractivity contribution in [1.82, 2.24) is 5.32 Å². The van der Waals surface area contributed by atoms with Gasteiger partial charge in [-0.15, -0.1) is 0 Å². The summed E-state index contributed by atoms with van der Waals surface area (Å²) in [5.41, 5.74) is -0.928. The van der Waals surface area contributed by atoms with Crippen molar-refractivity contribution in [3.8, 4) is 0 Å². The van der Waals surface area contributed by atoms with Crippen LogP contribution < -0.4 is 5.32 Å². The Bertz CT molecular complexity index is 474. The van der Waals surface area contributed by atoms with Gasteiger partial charge in [0.15, 0.2) is 0 Å². The fourth-order valence-electron chi connectivity index (χ4n) is 1.92. The molecule has 0 saturated carbocycles. The summed E-state index contributed by atoms with van der Waals surface area (Å²) in [6.07, 6.45) is -3.83. The van der Waals surface area contributed by atoms with Gasteiger partial charge in [-0.2, -0.15) is 13.2 Å². The van der Waals surface area contributed by atoms with Crippen LogP contribution in [0, 0.1) is 0 Å². The lowest BCUT2D eigenvalue weighted by Gasteiger charge is -2.24. The number of alkyl halides is 3. The molecule has 0 spiro atoms. The Morgan fingerprint density at radius 2 is 1.90 bits per heavy atom. The summed E-state index contributed by atoms with van der Waals surface area (Å²) in [6, 6.07) is 3.82. The minimum Gasteiger partial charge on any atom is -0.465 e. The molecular weight excluding hydrogens is 283 g/mol. The average Bonchev–Trinajstić information content (AvgIpc) is 2.43. The van der Waals surface area contributed by atoms with Crippen LogP contribution in [0.3, 0.4) is 0 Å². The van der Waals surface area contributed by atoms with Crippen molar-refractivity contribution in [3.05, 3.63) is 35.4 Å². The Morgan fingerprint density at radius 1 is 1.29 bits per heavy atom. The molecule has 1 N–H and O–H groups in total. The number of nitrogens with one attached hydrogen (secondary N) is 1. The molecule has 0 fully saturated rings. The monoisotopic (exact) mass is 303 g/mol. The highest BCUT2D eigenvalue weighted by molar-refractivity contribution is 5.78. The summed E-state index contributed by atoms with van der Waals surface area (Å²) in [5, 5.41) is 2.91. The third-order valence-corrected chi connectivity index (χ3v) is 3.16. The molecular formula is C15H20F3NO2. The fourth-order valence-corrected chi connectivity index (χ4v) is 1.92. The molecule has 0 saturated heterocycles. The maximum absolute atomic E-state index is 13.1. The van der Waals surface area contributed by atoms with E-state index in [1.54, 1.807) is 6.92 Å². The summed E-state index contributed by atoms with van der Waals surface area (Å²) >= 11 is 0. The second-order valence-electron chi connectivity index (χ2n) is 4.75. The van der Waals surface area contributed by atoms with E-state index in [1.165, 1.54) is 18.2 Å². The molecule has 1 aromatic rings. The lowest BCUT2D eigenvalue weighted by molar-refractivity contribution is -0.147. The molecule has 0 aromatic heterocycles. The first-order valence-electron chi connectivity index (χ1n) is 6.90. The summed E-state index contributed by atoms with van der Waals surface area (Å²) in [6.45, 7) is 5.43. The summed E-state index contributed by atoms with van der Waals surface area (Å²) in [7, 11) is 0. The van der Waals surface area contributed by atoms with E-state index in [0.717, 1.165) is 6.07 Å². The maximum atomic E-state index is 13.1. The summed E-state index contributed by atoms with van der Waals surface area (Å²) in [4.78, 5) is 12.0. The Labute approximate surface area is 122 Å². The van der Waals surface area contributed by atoms with Crippen LogP contribution >= 0.6 is 0 Å². The zero-order valence-corrected chi connectivity index (χ0v) is 12.3. The van der Waals surface area contributed by atoms with Gasteiger partial charge in [0.2, 0.25) is 0 Å². The molecule has 2 unspecified atom stereocenters. The highest BCUT2D eigenvalue weighted by atomic mass is 19.4. The zero-order valence-electron chi connectivity index (χ0n) is 12.3. The first-order valence-corrected chi connectivity index (χ1v) is 6.90. The topological polar surface area (TPSA) is 38.3 Å². The van der Waals surface area contributed by atoms with Crippen molar-refractivity contribution in [2.75, 3.05) is 6.61 Å². The van der Waals surface area contributed by atoms with Crippen molar-refractivity contribution in [3.63, 3.8) is 0 Å². The van der Waals surface area contributed by atoms with Gasteiger partial charge in [0.05, 0.1) is 12.2 Å². The Hall–Kier alpha value is -1.56. The van der Waals surface area contributed by atoms with Crippen LogP contribution in [-0.4, -0.2) is 18.6 Å². The van der Waals surface area contributed by atoms with Crippen LogP contribution in [0.5, 0.6) is 0 Å². The lowest BCUT2D eigenvalue weighted by Crippen LogP contribution is -2.37. The Kier molecular flexibility index (Phi) is 6.20. The fraction of sp³-hybridized carbons (Fsp3) is 0.533. The number of esters is 1. The number of rotatable bonds is 6. The van der Waals surface area contributed by atoms with Crippen LogP contribution in [0.4, 0.5) is 13.2 Å². The van der Waals surface area contributed by atoms with Crippen molar-refractivity contribution in [2.45, 2.75) is 45.5 Å². The van der Waals surface area contributed by atoms with Crippen molar-refractivity contribution in [1.29, 1.82) is 0 Å². The third-order valence-electron chi connectivity index (χ3n) is 3.16. The molecule has 0 bridgehead atoms. The van der Waals surface area contributed by atoms with Gasteiger partial charge in [0.25, 0.3) is 0 Å². The van der Waals surface area contributed by atoms with Gasteiger partial charge in [0.1, 0.15) is 6.04 Å². The molecule has 0 aliphatic rings. The van der Waals surface area contributed by atoms with Crippen molar-refractivity contribution in [2.24, 2.45) is 0 Å². The van der Waals surface area contributed by atoms with Crippen LogP contribution in [0.25, 0.3) is 0 Å². The minimum atomic E-state index is -4.52. The number of ether oxygens (including phenoxy) is 1. The Morgan fingerprint density at radius 3 is 2.43 bits per heavy atom. The van der Waals surface area contributed by atoms with E-state index >= 15 is 0 Å². The first kappa shape index (κ1) is 17.5. The van der Waals surface area contributed by atoms with Crippen LogP contribution in [-0.2, 0) is 15.7 Å². The summed E-state index contributed by atoms with van der Waals surface area (Å²) < 4.78 is 44.2. The van der Waals surface area contributed by atoms with Gasteiger partial charge in [0, 0.05) is 6.04 Å². The van der Waals surface area contributed by atoms with Gasteiger partial charge in [-0.25, -0.2) is 4.79 Å². The zero-order chi connectivity index (χ0) is 16.0. The molecule has 0 heterocycles. The predicted octanol–water partition coefficient (Wildman–Crippen LogP) is 3.70. The van der Waals surface area contributed by atoms with E-state index < -0.39 is 23.8 Å². The number of halogens is 3. The molecule has 118 valence electrons. The summed E-state index contributed by atoms with van der Waals surface area (Å²) in [5.74, 6) is -0.700. The van der Waals surface area contributed by atoms with Crippen molar-refractivity contribution < 1.29 is 22.7 Å². The smallest absolute Gasteiger partial charge is 0.416 e. The quantitative estimate of drug-likeness (QED) is 0.814. The van der Waals surface area contributed by atoms with Crippen LogP contribution in [0.15, 0.2) is 24.3 Å². The van der Waals surface area contributed by atoms with Crippen LogP contribution in [0.1, 0.15) is 44.4 Å². The van der Waals surface area contributed by atoms with E-state index in [0.29, 0.717) is 6.42 Å². The van der Waals surface area contributed by atoms with Gasteiger partial charge >= 0.3 is 12.1 Å². The van der Waals surface area contributed by atoms with E-state index in [2.05, 4.69) is 5.32 Å². The molecule has 0 amide bonds. The average molecular weight is 303 g/mol. The van der Waals surface area contributed by atoms with Crippen molar-refractivity contribution >= 4 is 5.97 Å². The minimum absolute atomic E-state index is 0.108. The van der Waals surface area contributed by atoms with E-state index in [-0.39, 0.29) is 18.2 Å². The number of carbonyl (C=O) groups is 1. The molecule has 3 nitrogen and oxygen atoms in total. The standard InChI is InChI=1S/C15H20F3NO2/c1-4-10(3)19-13(14(20)21-5-2)11-8-6-7-9-12(11)15(16,17)18/h6-10,13,19H,4-5H2,1-3H3. The Balaban J connectivity index is 3.22. The number of carbonyl (C=O) groups excluding carboxylic acids is 1. The van der Waals surface area contributed by atoms with E-state index in [9.17, 15) is 18.0 Å². The predicted molar refractivity (Wildman–Crippen MR) is 73.7 cm³/mol. The number of hydrogen-bond acceptors (Lipinski definition) is 3. The first-order chi connectivity index (χ1) is 9.81. The maximum Gasteiger partial charge on any atom is 0.416 e. The molecule has 21 heavy (non-hydrogen) atoms. The molecule has 6 heteroatoms. The number of hydrogen-bond donors (Lipinski definition) is 1. The molecule has 1 rings (SSSR count). The van der Waals surface area contributed by atoms with Gasteiger partial charge in [-0.05, 0) is 31.9 Å². The highest BCUT2D eigenvalue weighted by Crippen LogP contribution is 2.35. The molecule has 0 radical (unpaired) electrons. The largest absolute Gasteiger partial charge is 0.465 e. The molecule has 0 aliphatic carbocycles. The van der Waals surface area contributed by atoms with Gasteiger partial charge in [-0.3, -0.25) is 5.32 Å². The van der Waals surface area contributed by atoms with Crippen LogP contribution in [0.2, 0.25) is 0 Å². The number of benzene rings is 1. The van der Waals surface area contributed by atoms with Gasteiger partial charge in [-0.1, -0.05) is 25.1 Å². The second-order valence-corrected chi connectivity index (χ2v) is 4.75.